The molecule has 29 heavy (non-hydrogen) atoms. The number of hydrogen-bond donors (Lipinski definition) is 0. The van der Waals surface area contributed by atoms with Crippen LogP contribution in [0.5, 0.6) is 0 Å². The van der Waals surface area contributed by atoms with Gasteiger partial charge in [0.15, 0.2) is 10.7 Å². The maximum absolute atomic E-state index is 13.3. The van der Waals surface area contributed by atoms with Gasteiger partial charge in [0.1, 0.15) is 0 Å². The van der Waals surface area contributed by atoms with Crippen molar-refractivity contribution in [3.63, 3.8) is 0 Å². The van der Waals surface area contributed by atoms with Gasteiger partial charge in [-0.15, -0.1) is 0 Å². The normalized spacial score (nSPS) is 21.1. The van der Waals surface area contributed by atoms with Crippen molar-refractivity contribution < 1.29 is 8.42 Å². The molecule has 0 radical (unpaired) electrons. The van der Waals surface area contributed by atoms with Crippen LogP contribution in [-0.2, 0) is 23.6 Å². The molecule has 1 saturated carbocycles. The minimum Gasteiger partial charge on any atom is -0.339 e. The summed E-state index contributed by atoms with van der Waals surface area (Å²) in [5.41, 5.74) is 1.38. The average Bonchev–Trinajstić information content (AvgIpc) is 3.36. The van der Waals surface area contributed by atoms with Crippen molar-refractivity contribution >= 4 is 21.2 Å². The summed E-state index contributed by atoms with van der Waals surface area (Å²) in [7, 11) is -1.95. The number of rotatable bonds is 5. The molecule has 0 bridgehead atoms. The van der Waals surface area contributed by atoms with E-state index in [-0.39, 0.29) is 23.3 Å². The highest BCUT2D eigenvalue weighted by Crippen LogP contribution is 2.32. The maximum atomic E-state index is 13.3. The molecular formula is C19H24N6O3S. The van der Waals surface area contributed by atoms with E-state index in [1.807, 2.05) is 16.7 Å². The molecule has 1 aliphatic heterocycles. The van der Waals surface area contributed by atoms with Gasteiger partial charge in [-0.05, 0) is 43.7 Å². The number of piperidine rings is 1. The predicted octanol–water partition coefficient (Wildman–Crippen LogP) is 1.37. The van der Waals surface area contributed by atoms with Crippen LogP contribution in [0.15, 0.2) is 40.7 Å². The van der Waals surface area contributed by atoms with Crippen molar-refractivity contribution in [1.29, 1.82) is 0 Å². The fourth-order valence-electron chi connectivity index (χ4n) is 4.18. The Morgan fingerprint density at radius 2 is 2.03 bits per heavy atom. The Bertz CT molecular complexity index is 1220. The van der Waals surface area contributed by atoms with Crippen molar-refractivity contribution in [2.75, 3.05) is 13.1 Å². The molecule has 1 atom stereocenters. The Balaban J connectivity index is 1.52. The monoisotopic (exact) mass is 416 g/mol. The van der Waals surface area contributed by atoms with Crippen LogP contribution in [0.4, 0.5) is 0 Å². The van der Waals surface area contributed by atoms with Gasteiger partial charge in [-0.1, -0.05) is 0 Å². The van der Waals surface area contributed by atoms with Crippen molar-refractivity contribution in [1.82, 2.24) is 28.0 Å². The van der Waals surface area contributed by atoms with Crippen LogP contribution in [0, 0.1) is 5.92 Å². The summed E-state index contributed by atoms with van der Waals surface area (Å²) in [6.45, 7) is 1.38. The molecule has 9 nitrogen and oxygen atoms in total. The molecular weight excluding hydrogens is 392 g/mol. The molecule has 0 spiro atoms. The first-order valence-corrected chi connectivity index (χ1v) is 11.4. The molecule has 1 saturated heterocycles. The standard InChI is InChI=1S/C19H24N6O3S/c1-22-12-17(21-13-22)29(27,28)23-9-3-4-15(11-23)25-18-16(5-2-8-20-18)24(19(25)26)10-14-6-7-14/h2,5,8,12-15H,3-4,6-7,9-11H2,1H3/t15-/m0/s1. The summed E-state index contributed by atoms with van der Waals surface area (Å²) in [5, 5.41) is 0.0438. The Morgan fingerprint density at radius 3 is 2.76 bits per heavy atom. The Kier molecular flexibility index (Phi) is 4.36. The first-order chi connectivity index (χ1) is 13.9. The third-order valence-electron chi connectivity index (χ3n) is 5.87. The summed E-state index contributed by atoms with van der Waals surface area (Å²) in [6, 6.07) is 3.52. The minimum absolute atomic E-state index is 0.0438. The molecule has 2 aliphatic rings. The summed E-state index contributed by atoms with van der Waals surface area (Å²) in [5.74, 6) is 0.555. The number of sulfonamides is 1. The summed E-state index contributed by atoms with van der Waals surface area (Å²) in [4.78, 5) is 21.8. The van der Waals surface area contributed by atoms with E-state index in [0.717, 1.165) is 24.8 Å². The second kappa shape index (κ2) is 6.81. The average molecular weight is 417 g/mol. The summed E-state index contributed by atoms with van der Waals surface area (Å²) < 4.78 is 32.6. The molecule has 0 unspecified atom stereocenters. The van der Waals surface area contributed by atoms with Gasteiger partial charge < -0.3 is 4.57 Å². The topological polar surface area (TPSA) is 95.0 Å². The minimum atomic E-state index is -3.69. The number of pyridine rings is 1. The van der Waals surface area contributed by atoms with E-state index in [0.29, 0.717) is 31.1 Å². The third kappa shape index (κ3) is 3.20. The number of aryl methyl sites for hydroxylation is 1. The van der Waals surface area contributed by atoms with E-state index in [9.17, 15) is 13.2 Å². The largest absolute Gasteiger partial charge is 0.339 e. The fourth-order valence-corrected chi connectivity index (χ4v) is 5.66. The lowest BCUT2D eigenvalue weighted by atomic mass is 10.1. The fraction of sp³-hybridized carbons (Fsp3) is 0.526. The van der Waals surface area contributed by atoms with Crippen molar-refractivity contribution in [3.8, 4) is 0 Å². The first-order valence-electron chi connectivity index (χ1n) is 9.99. The molecule has 154 valence electrons. The van der Waals surface area contributed by atoms with Gasteiger partial charge >= 0.3 is 5.69 Å². The van der Waals surface area contributed by atoms with E-state index in [1.54, 1.807) is 22.4 Å². The van der Waals surface area contributed by atoms with Crippen molar-refractivity contribution in [2.45, 2.75) is 43.3 Å². The first kappa shape index (κ1) is 18.6. The van der Waals surface area contributed by atoms with Crippen molar-refractivity contribution in [2.24, 2.45) is 13.0 Å². The van der Waals surface area contributed by atoms with Crippen LogP contribution in [0.1, 0.15) is 31.7 Å². The zero-order valence-corrected chi connectivity index (χ0v) is 17.1. The SMILES string of the molecule is Cn1cnc(S(=O)(=O)N2CCC[C@H](n3c(=O)n(CC4CC4)c4cccnc43)C2)c1. The number of imidazole rings is 2. The van der Waals surface area contributed by atoms with E-state index in [4.69, 9.17) is 0 Å². The lowest BCUT2D eigenvalue weighted by Crippen LogP contribution is -2.43. The van der Waals surface area contributed by atoms with Gasteiger partial charge in [-0.2, -0.15) is 4.31 Å². The number of nitrogens with zero attached hydrogens (tertiary/aromatic N) is 6. The molecule has 10 heteroatoms. The predicted molar refractivity (Wildman–Crippen MR) is 107 cm³/mol. The Labute approximate surface area is 168 Å². The molecule has 0 N–H and O–H groups in total. The molecule has 2 fully saturated rings. The lowest BCUT2D eigenvalue weighted by molar-refractivity contribution is 0.264. The Morgan fingerprint density at radius 1 is 1.21 bits per heavy atom. The summed E-state index contributed by atoms with van der Waals surface area (Å²) >= 11 is 0. The molecule has 1 aliphatic carbocycles. The molecule has 0 aromatic carbocycles. The quantitative estimate of drug-likeness (QED) is 0.626. The van der Waals surface area contributed by atoms with Gasteiger partial charge in [0, 0.05) is 39.1 Å². The van der Waals surface area contributed by atoms with Crippen molar-refractivity contribution in [3.05, 3.63) is 41.3 Å². The van der Waals surface area contributed by atoms with E-state index < -0.39 is 10.0 Å². The highest BCUT2D eigenvalue weighted by Gasteiger charge is 2.34. The number of fused-ring (bicyclic) bond motifs is 1. The van der Waals surface area contributed by atoms with Gasteiger partial charge in [-0.3, -0.25) is 9.13 Å². The van der Waals surface area contributed by atoms with Gasteiger partial charge in [0.05, 0.1) is 17.9 Å². The third-order valence-corrected chi connectivity index (χ3v) is 7.62. The number of hydrogen-bond acceptors (Lipinski definition) is 5. The second-order valence-corrected chi connectivity index (χ2v) is 9.97. The van der Waals surface area contributed by atoms with Crippen LogP contribution < -0.4 is 5.69 Å². The molecule has 3 aromatic rings. The van der Waals surface area contributed by atoms with Gasteiger partial charge in [-0.25, -0.2) is 23.2 Å². The van der Waals surface area contributed by atoms with Crippen LogP contribution >= 0.6 is 0 Å². The molecule has 4 heterocycles. The lowest BCUT2D eigenvalue weighted by Gasteiger charge is -2.31. The van der Waals surface area contributed by atoms with Crippen LogP contribution in [-0.4, -0.2) is 49.5 Å². The zero-order chi connectivity index (χ0) is 20.2. The zero-order valence-electron chi connectivity index (χ0n) is 16.3. The molecule has 0 amide bonds. The van der Waals surface area contributed by atoms with Crippen LogP contribution in [0.2, 0.25) is 0 Å². The number of aromatic nitrogens is 5. The molecule has 5 rings (SSSR count). The maximum Gasteiger partial charge on any atom is 0.330 e. The second-order valence-electron chi connectivity index (χ2n) is 8.09. The van der Waals surface area contributed by atoms with E-state index in [2.05, 4.69) is 9.97 Å². The van der Waals surface area contributed by atoms with Gasteiger partial charge in [0.2, 0.25) is 0 Å². The van der Waals surface area contributed by atoms with E-state index >= 15 is 0 Å². The Hall–Kier alpha value is -2.46. The summed E-state index contributed by atoms with van der Waals surface area (Å²) in [6.07, 6.45) is 8.41. The van der Waals surface area contributed by atoms with E-state index in [1.165, 1.54) is 16.8 Å². The molecule has 3 aromatic heterocycles. The van der Waals surface area contributed by atoms with Crippen LogP contribution in [0.3, 0.4) is 0 Å². The highest BCUT2D eigenvalue weighted by molar-refractivity contribution is 7.89. The van der Waals surface area contributed by atoms with Crippen LogP contribution in [0.25, 0.3) is 11.2 Å². The van der Waals surface area contributed by atoms with Gasteiger partial charge in [0.25, 0.3) is 10.0 Å². The highest BCUT2D eigenvalue weighted by atomic mass is 32.2. The smallest absolute Gasteiger partial charge is 0.330 e.